The van der Waals surface area contributed by atoms with Crippen molar-refractivity contribution in [2.45, 2.75) is 19.3 Å². The Morgan fingerprint density at radius 1 is 1.38 bits per heavy atom. The maximum atomic E-state index is 8.61. The van der Waals surface area contributed by atoms with Crippen molar-refractivity contribution in [1.29, 1.82) is 0 Å². The molecule has 0 bridgehead atoms. The predicted molar refractivity (Wildman–Crippen MR) is 62.4 cm³/mol. The molecular formula is C10H18N4O2. The highest BCUT2D eigenvalue weighted by molar-refractivity contribution is 5.42. The minimum absolute atomic E-state index is 0.192. The lowest BCUT2D eigenvalue weighted by molar-refractivity contribution is 0.283. The number of aliphatic hydroxyl groups is 1. The molecule has 0 aromatic carbocycles. The fourth-order valence-electron chi connectivity index (χ4n) is 1.27. The van der Waals surface area contributed by atoms with Crippen LogP contribution in [0.3, 0.4) is 0 Å². The SMILES string of the molecule is COc1cc(NCCCCCO)nc(N)n1. The van der Waals surface area contributed by atoms with Gasteiger partial charge in [-0.2, -0.15) is 9.97 Å². The summed E-state index contributed by atoms with van der Waals surface area (Å²) in [6, 6.07) is 1.70. The second-order valence-corrected chi connectivity index (χ2v) is 3.36. The molecule has 1 rings (SSSR count). The molecule has 16 heavy (non-hydrogen) atoms. The molecule has 0 unspecified atom stereocenters. The Morgan fingerprint density at radius 2 is 2.19 bits per heavy atom. The maximum Gasteiger partial charge on any atom is 0.225 e. The molecular weight excluding hydrogens is 208 g/mol. The fourth-order valence-corrected chi connectivity index (χ4v) is 1.27. The van der Waals surface area contributed by atoms with Crippen LogP contribution in [0.15, 0.2) is 6.07 Å². The topological polar surface area (TPSA) is 93.3 Å². The van der Waals surface area contributed by atoms with Gasteiger partial charge in [-0.15, -0.1) is 0 Å². The largest absolute Gasteiger partial charge is 0.481 e. The van der Waals surface area contributed by atoms with Crippen LogP contribution in [0.2, 0.25) is 0 Å². The van der Waals surface area contributed by atoms with E-state index in [-0.39, 0.29) is 12.6 Å². The van der Waals surface area contributed by atoms with Crippen molar-refractivity contribution in [3.05, 3.63) is 6.07 Å². The molecule has 0 saturated heterocycles. The minimum Gasteiger partial charge on any atom is -0.481 e. The molecule has 0 aliphatic heterocycles. The zero-order valence-corrected chi connectivity index (χ0v) is 9.44. The average molecular weight is 226 g/mol. The number of nitrogen functional groups attached to an aromatic ring is 1. The quantitative estimate of drug-likeness (QED) is 0.591. The molecule has 6 nitrogen and oxygen atoms in total. The number of unbranched alkanes of at least 4 members (excludes halogenated alkanes) is 2. The van der Waals surface area contributed by atoms with Crippen molar-refractivity contribution >= 4 is 11.8 Å². The number of hydrogen-bond donors (Lipinski definition) is 3. The number of methoxy groups -OCH3 is 1. The molecule has 0 spiro atoms. The van der Waals surface area contributed by atoms with Gasteiger partial charge in [0.1, 0.15) is 5.82 Å². The summed E-state index contributed by atoms with van der Waals surface area (Å²) in [5, 5.41) is 11.7. The number of hydrogen-bond acceptors (Lipinski definition) is 6. The number of ether oxygens (including phenoxy) is 1. The summed E-state index contributed by atoms with van der Waals surface area (Å²) in [5.74, 6) is 1.30. The summed E-state index contributed by atoms with van der Waals surface area (Å²) < 4.78 is 4.98. The lowest BCUT2D eigenvalue weighted by atomic mass is 10.2. The van der Waals surface area contributed by atoms with Crippen LogP contribution in [-0.2, 0) is 0 Å². The van der Waals surface area contributed by atoms with E-state index in [9.17, 15) is 0 Å². The Morgan fingerprint density at radius 3 is 2.88 bits per heavy atom. The first-order valence-electron chi connectivity index (χ1n) is 5.29. The number of nitrogens with one attached hydrogen (secondary N) is 1. The van der Waals surface area contributed by atoms with E-state index in [1.807, 2.05) is 0 Å². The number of rotatable bonds is 7. The number of nitrogens with two attached hydrogens (primary N) is 1. The van der Waals surface area contributed by atoms with Crippen LogP contribution in [-0.4, -0.2) is 35.3 Å². The normalized spacial score (nSPS) is 10.1. The Balaban J connectivity index is 2.38. The maximum absolute atomic E-state index is 8.61. The van der Waals surface area contributed by atoms with Gasteiger partial charge < -0.3 is 20.9 Å². The predicted octanol–water partition coefficient (Wildman–Crippen LogP) is 0.642. The highest BCUT2D eigenvalue weighted by atomic mass is 16.5. The molecule has 1 aromatic heterocycles. The summed E-state index contributed by atoms with van der Waals surface area (Å²) in [6.07, 6.45) is 2.80. The van der Waals surface area contributed by atoms with Crippen LogP contribution in [0.5, 0.6) is 5.88 Å². The first-order chi connectivity index (χ1) is 7.76. The monoisotopic (exact) mass is 226 g/mol. The highest BCUT2D eigenvalue weighted by Gasteiger charge is 2.01. The van der Waals surface area contributed by atoms with E-state index >= 15 is 0 Å². The van der Waals surface area contributed by atoms with Crippen LogP contribution in [0.4, 0.5) is 11.8 Å². The van der Waals surface area contributed by atoms with E-state index in [0.717, 1.165) is 25.8 Å². The van der Waals surface area contributed by atoms with Gasteiger partial charge in [0.2, 0.25) is 11.8 Å². The molecule has 1 heterocycles. The van der Waals surface area contributed by atoms with Gasteiger partial charge in [-0.25, -0.2) is 0 Å². The zero-order valence-electron chi connectivity index (χ0n) is 9.44. The number of aliphatic hydroxyl groups excluding tert-OH is 1. The smallest absolute Gasteiger partial charge is 0.225 e. The van der Waals surface area contributed by atoms with Gasteiger partial charge in [0.25, 0.3) is 0 Å². The van der Waals surface area contributed by atoms with Crippen LogP contribution in [0.25, 0.3) is 0 Å². The third kappa shape index (κ3) is 4.31. The molecule has 0 fully saturated rings. The van der Waals surface area contributed by atoms with Gasteiger partial charge in [0, 0.05) is 19.2 Å². The third-order valence-electron chi connectivity index (χ3n) is 2.07. The zero-order chi connectivity index (χ0) is 11.8. The van der Waals surface area contributed by atoms with Gasteiger partial charge in [-0.05, 0) is 19.3 Å². The molecule has 0 aliphatic rings. The van der Waals surface area contributed by atoms with Crippen molar-refractivity contribution in [2.24, 2.45) is 0 Å². The lowest BCUT2D eigenvalue weighted by Gasteiger charge is -2.07. The van der Waals surface area contributed by atoms with Crippen LogP contribution >= 0.6 is 0 Å². The summed E-state index contributed by atoms with van der Waals surface area (Å²) in [4.78, 5) is 7.91. The second-order valence-electron chi connectivity index (χ2n) is 3.36. The Labute approximate surface area is 94.9 Å². The molecule has 0 amide bonds. The van der Waals surface area contributed by atoms with E-state index in [2.05, 4.69) is 15.3 Å². The van der Waals surface area contributed by atoms with E-state index < -0.39 is 0 Å². The molecule has 1 aromatic rings. The number of aromatic nitrogens is 2. The van der Waals surface area contributed by atoms with E-state index in [1.165, 1.54) is 7.11 Å². The third-order valence-corrected chi connectivity index (χ3v) is 2.07. The summed E-state index contributed by atoms with van der Waals surface area (Å²) in [5.41, 5.74) is 5.51. The standard InChI is InChI=1S/C10H18N4O2/c1-16-9-7-8(13-10(11)14-9)12-5-3-2-4-6-15/h7,15H,2-6H2,1H3,(H3,11,12,13,14). The summed E-state index contributed by atoms with van der Waals surface area (Å²) >= 11 is 0. The van der Waals surface area contributed by atoms with Crippen LogP contribution in [0.1, 0.15) is 19.3 Å². The molecule has 0 radical (unpaired) electrons. The summed E-state index contributed by atoms with van der Waals surface area (Å²) in [6.45, 7) is 1.04. The molecule has 6 heteroatoms. The van der Waals surface area contributed by atoms with Crippen molar-refractivity contribution < 1.29 is 9.84 Å². The first-order valence-corrected chi connectivity index (χ1v) is 5.29. The van der Waals surface area contributed by atoms with Crippen molar-refractivity contribution in [3.63, 3.8) is 0 Å². The van der Waals surface area contributed by atoms with Crippen molar-refractivity contribution in [1.82, 2.24) is 9.97 Å². The van der Waals surface area contributed by atoms with Gasteiger partial charge in [-0.1, -0.05) is 0 Å². The average Bonchev–Trinajstić information content (AvgIpc) is 2.28. The number of anilines is 2. The second kappa shape index (κ2) is 6.84. The highest BCUT2D eigenvalue weighted by Crippen LogP contribution is 2.13. The van der Waals surface area contributed by atoms with Crippen molar-refractivity contribution in [2.75, 3.05) is 31.3 Å². The van der Waals surface area contributed by atoms with E-state index in [1.54, 1.807) is 6.07 Å². The fraction of sp³-hybridized carbons (Fsp3) is 0.600. The summed E-state index contributed by atoms with van der Waals surface area (Å²) in [7, 11) is 1.53. The van der Waals surface area contributed by atoms with Gasteiger partial charge in [-0.3, -0.25) is 0 Å². The van der Waals surface area contributed by atoms with Gasteiger partial charge >= 0.3 is 0 Å². The van der Waals surface area contributed by atoms with E-state index in [0.29, 0.717) is 11.7 Å². The Kier molecular flexibility index (Phi) is 5.35. The van der Waals surface area contributed by atoms with Gasteiger partial charge in [0.15, 0.2) is 0 Å². The van der Waals surface area contributed by atoms with Gasteiger partial charge in [0.05, 0.1) is 7.11 Å². The minimum atomic E-state index is 0.192. The van der Waals surface area contributed by atoms with E-state index in [4.69, 9.17) is 15.6 Å². The number of nitrogens with zero attached hydrogens (tertiary/aromatic N) is 2. The Bertz CT molecular complexity index is 320. The molecule has 4 N–H and O–H groups in total. The molecule has 90 valence electrons. The Hall–Kier alpha value is -1.56. The van der Waals surface area contributed by atoms with Crippen LogP contribution in [0, 0.1) is 0 Å². The molecule has 0 saturated carbocycles. The molecule has 0 atom stereocenters. The first kappa shape index (κ1) is 12.5. The lowest BCUT2D eigenvalue weighted by Crippen LogP contribution is -2.06. The molecule has 0 aliphatic carbocycles. The van der Waals surface area contributed by atoms with Crippen molar-refractivity contribution in [3.8, 4) is 5.88 Å². The van der Waals surface area contributed by atoms with Crippen LogP contribution < -0.4 is 15.8 Å².